The molecule has 0 bridgehead atoms. The number of rotatable bonds is 0. The molecule has 0 aliphatic heterocycles. The zero-order valence-corrected chi connectivity index (χ0v) is 16.2. The van der Waals surface area contributed by atoms with Crippen molar-refractivity contribution in [3.63, 3.8) is 0 Å². The van der Waals surface area contributed by atoms with E-state index in [-0.39, 0.29) is 0 Å². The molecule has 5 nitrogen and oxygen atoms in total. The molecule has 8 rings (SSSR count). The summed E-state index contributed by atoms with van der Waals surface area (Å²) in [5, 5.41) is 7.72. The Kier molecular flexibility index (Phi) is 2.60. The number of hydrogen-bond acceptors (Lipinski definition) is 4. The van der Waals surface area contributed by atoms with Crippen molar-refractivity contribution >= 4 is 71.2 Å². The highest BCUT2D eigenvalue weighted by Gasteiger charge is 2.16. The van der Waals surface area contributed by atoms with Gasteiger partial charge in [-0.1, -0.05) is 18.2 Å². The van der Waals surface area contributed by atoms with Gasteiger partial charge in [0, 0.05) is 69.2 Å². The molecule has 0 amide bonds. The minimum Gasteiger partial charge on any atom is -0.456 e. The van der Waals surface area contributed by atoms with E-state index in [1.165, 1.54) is 0 Å². The summed E-state index contributed by atoms with van der Waals surface area (Å²) in [6, 6.07) is 18.7. The van der Waals surface area contributed by atoms with Crippen molar-refractivity contribution in [2.75, 3.05) is 0 Å². The second-order valence-electron chi connectivity index (χ2n) is 7.95. The zero-order valence-electron chi connectivity index (χ0n) is 16.2. The molecule has 0 saturated carbocycles. The fourth-order valence-corrected chi connectivity index (χ4v) is 4.95. The number of para-hydroxylation sites is 1. The first kappa shape index (κ1) is 15.5. The fourth-order valence-electron chi connectivity index (χ4n) is 4.95. The Morgan fingerprint density at radius 1 is 0.613 bits per heavy atom. The molecule has 5 aromatic heterocycles. The maximum atomic E-state index is 6.30. The molecule has 0 saturated heterocycles. The number of fused-ring (bicyclic) bond motifs is 12. The Hall–Kier alpha value is -4.38. The second-order valence-corrected chi connectivity index (χ2v) is 7.95. The number of aromatic nitrogens is 3. The highest BCUT2D eigenvalue weighted by Crippen LogP contribution is 2.39. The number of pyridine rings is 2. The predicted octanol–water partition coefficient (Wildman–Crippen LogP) is 6.83. The minimum atomic E-state index is 0.824. The first-order valence-corrected chi connectivity index (χ1v) is 10.2. The minimum absolute atomic E-state index is 0.824. The lowest BCUT2D eigenvalue weighted by molar-refractivity contribution is 0.656. The van der Waals surface area contributed by atoms with Crippen LogP contribution in [0.3, 0.4) is 0 Å². The zero-order chi connectivity index (χ0) is 20.1. The summed E-state index contributed by atoms with van der Waals surface area (Å²) in [4.78, 5) is 8.89. The summed E-state index contributed by atoms with van der Waals surface area (Å²) in [5.41, 5.74) is 5.36. The molecule has 3 aromatic carbocycles. The van der Waals surface area contributed by atoms with Crippen molar-refractivity contribution in [1.82, 2.24) is 14.4 Å². The Morgan fingerprint density at radius 3 is 2.32 bits per heavy atom. The highest BCUT2D eigenvalue weighted by atomic mass is 16.3. The van der Waals surface area contributed by atoms with Crippen LogP contribution in [0.1, 0.15) is 0 Å². The summed E-state index contributed by atoms with van der Waals surface area (Å²) in [6.45, 7) is 0. The quantitative estimate of drug-likeness (QED) is 0.262. The van der Waals surface area contributed by atoms with Gasteiger partial charge < -0.3 is 8.83 Å². The number of nitrogens with zero attached hydrogens (tertiary/aromatic N) is 3. The maximum Gasteiger partial charge on any atom is 0.146 e. The smallest absolute Gasteiger partial charge is 0.146 e. The average molecular weight is 399 g/mol. The van der Waals surface area contributed by atoms with Crippen LogP contribution in [0.25, 0.3) is 71.2 Å². The van der Waals surface area contributed by atoms with Gasteiger partial charge >= 0.3 is 0 Å². The molecule has 144 valence electrons. The fraction of sp³-hybridized carbons (Fsp3) is 0. The third-order valence-corrected chi connectivity index (χ3v) is 6.34. The van der Waals surface area contributed by atoms with E-state index in [9.17, 15) is 0 Å². The van der Waals surface area contributed by atoms with Crippen molar-refractivity contribution in [3.8, 4) is 0 Å². The van der Waals surface area contributed by atoms with E-state index in [2.05, 4.69) is 44.7 Å². The molecule has 0 fully saturated rings. The molecular formula is C26H13N3O2. The largest absolute Gasteiger partial charge is 0.456 e. The lowest BCUT2D eigenvalue weighted by Crippen LogP contribution is -1.91. The topological polar surface area (TPSA) is 56.5 Å². The van der Waals surface area contributed by atoms with Crippen LogP contribution in [-0.2, 0) is 0 Å². The maximum absolute atomic E-state index is 6.30. The van der Waals surface area contributed by atoms with Gasteiger partial charge in [0.05, 0.1) is 5.52 Å². The van der Waals surface area contributed by atoms with Crippen molar-refractivity contribution in [2.24, 2.45) is 0 Å². The Morgan fingerprint density at radius 2 is 1.39 bits per heavy atom. The first-order valence-electron chi connectivity index (χ1n) is 10.2. The van der Waals surface area contributed by atoms with E-state index in [1.54, 1.807) is 0 Å². The van der Waals surface area contributed by atoms with Crippen LogP contribution < -0.4 is 0 Å². The Balaban J connectivity index is 1.59. The van der Waals surface area contributed by atoms with Crippen molar-refractivity contribution in [3.05, 3.63) is 79.4 Å². The summed E-state index contributed by atoms with van der Waals surface area (Å²) in [7, 11) is 0. The van der Waals surface area contributed by atoms with Gasteiger partial charge in [-0.3, -0.25) is 9.38 Å². The number of imidazole rings is 1. The predicted molar refractivity (Wildman–Crippen MR) is 123 cm³/mol. The second kappa shape index (κ2) is 5.21. The molecule has 0 aliphatic rings. The van der Waals surface area contributed by atoms with Gasteiger partial charge in [-0.15, -0.1) is 0 Å². The van der Waals surface area contributed by atoms with E-state index in [0.29, 0.717) is 0 Å². The molecule has 0 unspecified atom stereocenters. The van der Waals surface area contributed by atoms with Gasteiger partial charge in [0.1, 0.15) is 28.0 Å². The Bertz CT molecular complexity index is 2010. The van der Waals surface area contributed by atoms with Crippen LogP contribution in [-0.4, -0.2) is 14.4 Å². The lowest BCUT2D eigenvalue weighted by Gasteiger charge is -2.07. The van der Waals surface area contributed by atoms with Gasteiger partial charge in [-0.25, -0.2) is 4.98 Å². The van der Waals surface area contributed by atoms with Crippen molar-refractivity contribution in [1.29, 1.82) is 0 Å². The highest BCUT2D eigenvalue weighted by molar-refractivity contribution is 6.20. The standard InChI is InChI=1S/C26H13N3O2/c1-2-4-22-15(3-1)17-10-19-18-9-16-14-5-6-27-13-20(14)26-28-7-8-29(26)21(16)11-23(18)31-25(19)12-24(17)30-22/h1-13H. The van der Waals surface area contributed by atoms with E-state index >= 15 is 0 Å². The molecule has 0 N–H and O–H groups in total. The summed E-state index contributed by atoms with van der Waals surface area (Å²) >= 11 is 0. The van der Waals surface area contributed by atoms with E-state index < -0.39 is 0 Å². The van der Waals surface area contributed by atoms with Crippen LogP contribution in [0.2, 0.25) is 0 Å². The van der Waals surface area contributed by atoms with Gasteiger partial charge in [0.25, 0.3) is 0 Å². The average Bonchev–Trinajstić information content (AvgIpc) is 3.51. The number of benzene rings is 3. The van der Waals surface area contributed by atoms with E-state index in [0.717, 1.165) is 71.2 Å². The van der Waals surface area contributed by atoms with Gasteiger partial charge in [-0.05, 0) is 29.7 Å². The molecule has 0 spiro atoms. The molecule has 0 atom stereocenters. The van der Waals surface area contributed by atoms with Gasteiger partial charge in [-0.2, -0.15) is 0 Å². The van der Waals surface area contributed by atoms with Crippen LogP contribution in [0, 0.1) is 0 Å². The number of hydrogen-bond donors (Lipinski definition) is 0. The lowest BCUT2D eigenvalue weighted by atomic mass is 10.0. The molecule has 0 radical (unpaired) electrons. The monoisotopic (exact) mass is 399 g/mol. The Labute approximate surface area is 174 Å². The third kappa shape index (κ3) is 1.86. The molecule has 5 heterocycles. The number of furan rings is 2. The van der Waals surface area contributed by atoms with Gasteiger partial charge in [0.15, 0.2) is 0 Å². The molecule has 8 aromatic rings. The van der Waals surface area contributed by atoms with E-state index in [1.807, 2.05) is 49.1 Å². The molecule has 0 aliphatic carbocycles. The van der Waals surface area contributed by atoms with Crippen LogP contribution in [0.15, 0.2) is 88.2 Å². The van der Waals surface area contributed by atoms with Crippen molar-refractivity contribution < 1.29 is 8.83 Å². The molecule has 31 heavy (non-hydrogen) atoms. The molecular weight excluding hydrogens is 386 g/mol. The summed E-state index contributed by atoms with van der Waals surface area (Å²) in [5.74, 6) is 0. The van der Waals surface area contributed by atoms with Gasteiger partial charge in [0.2, 0.25) is 0 Å². The van der Waals surface area contributed by atoms with Crippen molar-refractivity contribution in [2.45, 2.75) is 0 Å². The third-order valence-electron chi connectivity index (χ3n) is 6.34. The summed E-state index contributed by atoms with van der Waals surface area (Å²) < 4.78 is 14.5. The summed E-state index contributed by atoms with van der Waals surface area (Å²) in [6.07, 6.45) is 7.53. The first-order chi connectivity index (χ1) is 15.3. The normalized spacial score (nSPS) is 12.5. The van der Waals surface area contributed by atoms with Crippen LogP contribution in [0.4, 0.5) is 0 Å². The van der Waals surface area contributed by atoms with Crippen LogP contribution >= 0.6 is 0 Å². The molecule has 5 heteroatoms. The SMILES string of the molecule is c1ccc2c(c1)oc1cc3oc4cc5c(cc4c3cc12)c1ccncc1c1nccn51. The van der Waals surface area contributed by atoms with E-state index in [4.69, 9.17) is 8.83 Å². The van der Waals surface area contributed by atoms with Crippen LogP contribution in [0.5, 0.6) is 0 Å².